The van der Waals surface area contributed by atoms with Crippen molar-refractivity contribution in [3.63, 3.8) is 0 Å². The molecule has 5 nitrogen and oxygen atoms in total. The molecule has 3 heterocycles. The molecule has 0 saturated heterocycles. The van der Waals surface area contributed by atoms with Crippen molar-refractivity contribution < 1.29 is 4.79 Å². The van der Waals surface area contributed by atoms with Crippen molar-refractivity contribution in [2.24, 2.45) is 0 Å². The van der Waals surface area contributed by atoms with E-state index in [1.165, 1.54) is 16.9 Å². The largest absolute Gasteiger partial charge is 0.351 e. The molecule has 4 aromatic rings. The molecule has 4 rings (SSSR count). The van der Waals surface area contributed by atoms with Crippen LogP contribution in [-0.4, -0.2) is 27.4 Å². The predicted molar refractivity (Wildman–Crippen MR) is 120 cm³/mol. The molecule has 3 aromatic heterocycles. The summed E-state index contributed by atoms with van der Waals surface area (Å²) in [6.07, 6.45) is 0.704. The molecule has 0 aliphatic carbocycles. The van der Waals surface area contributed by atoms with E-state index in [0.717, 1.165) is 43.6 Å². The summed E-state index contributed by atoms with van der Waals surface area (Å²) in [5, 5.41) is 7.09. The Morgan fingerprint density at radius 2 is 1.79 bits per heavy atom. The minimum Gasteiger partial charge on any atom is -0.351 e. The van der Waals surface area contributed by atoms with Gasteiger partial charge in [0.05, 0.1) is 10.6 Å². The number of rotatable bonds is 5. The molecule has 1 aromatic carbocycles. The molecule has 7 heteroatoms. The molecular weight excluding hydrogens is 400 g/mol. The highest BCUT2D eigenvalue weighted by atomic mass is 32.1. The molecule has 0 bridgehead atoms. The molecule has 0 spiro atoms. The summed E-state index contributed by atoms with van der Waals surface area (Å²) in [6.45, 7) is 8.43. The van der Waals surface area contributed by atoms with Gasteiger partial charge >= 0.3 is 0 Å². The van der Waals surface area contributed by atoms with E-state index in [1.54, 1.807) is 11.3 Å². The number of carbonyl (C=O) groups is 1. The smallest absolute Gasteiger partial charge is 0.261 e. The average Bonchev–Trinajstić information content (AvgIpc) is 3.27. The highest BCUT2D eigenvalue weighted by Crippen LogP contribution is 2.31. The van der Waals surface area contributed by atoms with E-state index in [2.05, 4.69) is 51.9 Å². The standard InChI is InChI=1S/C22H22N4OS2/c1-12-5-7-16(8-6-12)21-26-17(11-28-21)9-10-23-20(27)19-13(2)18-14(3)24-15(4)25-22(18)29-19/h5-8,11H,9-10H2,1-4H3,(H,23,27). The number of amides is 1. The van der Waals surface area contributed by atoms with Crippen molar-refractivity contribution in [2.45, 2.75) is 34.1 Å². The highest BCUT2D eigenvalue weighted by molar-refractivity contribution is 7.20. The monoisotopic (exact) mass is 422 g/mol. The lowest BCUT2D eigenvalue weighted by Gasteiger charge is -2.03. The van der Waals surface area contributed by atoms with Crippen molar-refractivity contribution in [3.8, 4) is 10.6 Å². The lowest BCUT2D eigenvalue weighted by atomic mass is 10.1. The van der Waals surface area contributed by atoms with Crippen LogP contribution in [0.2, 0.25) is 0 Å². The third-order valence-electron chi connectivity index (χ3n) is 4.81. The van der Waals surface area contributed by atoms with E-state index in [-0.39, 0.29) is 5.91 Å². The van der Waals surface area contributed by atoms with Gasteiger partial charge in [0.2, 0.25) is 0 Å². The minimum atomic E-state index is -0.0588. The lowest BCUT2D eigenvalue weighted by Crippen LogP contribution is -2.25. The fourth-order valence-electron chi connectivity index (χ4n) is 3.33. The maximum Gasteiger partial charge on any atom is 0.261 e. The Kier molecular flexibility index (Phi) is 5.43. The average molecular weight is 423 g/mol. The number of aromatic nitrogens is 3. The van der Waals surface area contributed by atoms with Gasteiger partial charge < -0.3 is 5.32 Å². The quantitative estimate of drug-likeness (QED) is 0.490. The molecule has 0 aliphatic rings. The molecule has 0 saturated carbocycles. The van der Waals surface area contributed by atoms with Crippen LogP contribution in [0.5, 0.6) is 0 Å². The Labute approximate surface area is 177 Å². The summed E-state index contributed by atoms with van der Waals surface area (Å²) >= 11 is 3.07. The zero-order chi connectivity index (χ0) is 20.5. The van der Waals surface area contributed by atoms with E-state index in [4.69, 9.17) is 4.98 Å². The van der Waals surface area contributed by atoms with Crippen LogP contribution in [0.25, 0.3) is 20.8 Å². The van der Waals surface area contributed by atoms with Gasteiger partial charge in [-0.25, -0.2) is 15.0 Å². The maximum absolute atomic E-state index is 12.7. The Morgan fingerprint density at radius 3 is 2.55 bits per heavy atom. The summed E-state index contributed by atoms with van der Waals surface area (Å²) < 4.78 is 0. The van der Waals surface area contributed by atoms with Gasteiger partial charge in [-0.15, -0.1) is 22.7 Å². The van der Waals surface area contributed by atoms with Crippen LogP contribution in [0.4, 0.5) is 0 Å². The molecule has 1 N–H and O–H groups in total. The maximum atomic E-state index is 12.7. The minimum absolute atomic E-state index is 0.0588. The second kappa shape index (κ2) is 8.00. The zero-order valence-electron chi connectivity index (χ0n) is 16.9. The first-order chi connectivity index (χ1) is 13.9. The first-order valence-electron chi connectivity index (χ1n) is 9.46. The summed E-state index contributed by atoms with van der Waals surface area (Å²) in [5.41, 5.74) is 5.24. The number of aryl methyl sites for hydroxylation is 4. The number of thiophene rings is 1. The Balaban J connectivity index is 1.42. The van der Waals surface area contributed by atoms with E-state index in [1.807, 2.05) is 20.8 Å². The number of nitrogens with one attached hydrogen (secondary N) is 1. The first kappa shape index (κ1) is 19.7. The summed E-state index contributed by atoms with van der Waals surface area (Å²) in [6, 6.07) is 8.38. The number of benzene rings is 1. The molecule has 0 atom stereocenters. The second-order valence-electron chi connectivity index (χ2n) is 7.11. The molecule has 1 amide bonds. The van der Waals surface area contributed by atoms with Crippen LogP contribution in [0, 0.1) is 27.7 Å². The molecule has 29 heavy (non-hydrogen) atoms. The fraction of sp³-hybridized carbons (Fsp3) is 0.273. The molecule has 0 radical (unpaired) electrons. The van der Waals surface area contributed by atoms with Gasteiger partial charge in [0.25, 0.3) is 5.91 Å². The topological polar surface area (TPSA) is 67.8 Å². The molecule has 0 unspecified atom stereocenters. The van der Waals surface area contributed by atoms with Gasteiger partial charge in [-0.3, -0.25) is 4.79 Å². The number of fused-ring (bicyclic) bond motifs is 1. The van der Waals surface area contributed by atoms with Gasteiger partial charge in [0.15, 0.2) is 0 Å². The number of nitrogens with zero attached hydrogens (tertiary/aromatic N) is 3. The number of thiazole rings is 1. The summed E-state index contributed by atoms with van der Waals surface area (Å²) in [4.78, 5) is 27.9. The van der Waals surface area contributed by atoms with E-state index in [9.17, 15) is 4.79 Å². The van der Waals surface area contributed by atoms with Crippen LogP contribution in [0.3, 0.4) is 0 Å². The van der Waals surface area contributed by atoms with Crippen LogP contribution < -0.4 is 5.32 Å². The van der Waals surface area contributed by atoms with Crippen molar-refractivity contribution in [3.05, 3.63) is 62.9 Å². The predicted octanol–water partition coefficient (Wildman–Crippen LogP) is 5.02. The lowest BCUT2D eigenvalue weighted by molar-refractivity contribution is 0.0957. The molecular formula is C22H22N4OS2. The highest BCUT2D eigenvalue weighted by Gasteiger charge is 2.18. The van der Waals surface area contributed by atoms with Crippen LogP contribution in [0.1, 0.15) is 38.0 Å². The molecule has 0 aliphatic heterocycles. The summed E-state index contributed by atoms with van der Waals surface area (Å²) in [5.74, 6) is 0.674. The van der Waals surface area contributed by atoms with Crippen LogP contribution >= 0.6 is 22.7 Å². The van der Waals surface area contributed by atoms with Gasteiger partial charge in [-0.2, -0.15) is 0 Å². The van der Waals surface area contributed by atoms with E-state index >= 15 is 0 Å². The normalized spacial score (nSPS) is 11.2. The van der Waals surface area contributed by atoms with Gasteiger partial charge in [-0.1, -0.05) is 29.8 Å². The van der Waals surface area contributed by atoms with Gasteiger partial charge in [0, 0.05) is 35.0 Å². The second-order valence-corrected chi connectivity index (χ2v) is 8.97. The van der Waals surface area contributed by atoms with Gasteiger partial charge in [-0.05, 0) is 33.3 Å². The number of hydrogen-bond donors (Lipinski definition) is 1. The zero-order valence-corrected chi connectivity index (χ0v) is 18.5. The Hall–Kier alpha value is -2.64. The number of carbonyl (C=O) groups excluding carboxylic acids is 1. The van der Waals surface area contributed by atoms with Crippen molar-refractivity contribution in [2.75, 3.05) is 6.54 Å². The van der Waals surface area contributed by atoms with Crippen molar-refractivity contribution >= 4 is 38.8 Å². The van der Waals surface area contributed by atoms with E-state index < -0.39 is 0 Å². The third kappa shape index (κ3) is 4.06. The Morgan fingerprint density at radius 1 is 1.03 bits per heavy atom. The van der Waals surface area contributed by atoms with Crippen LogP contribution in [-0.2, 0) is 6.42 Å². The fourth-order valence-corrected chi connectivity index (χ4v) is 5.38. The number of hydrogen-bond acceptors (Lipinski definition) is 6. The Bertz CT molecular complexity index is 1190. The van der Waals surface area contributed by atoms with E-state index in [0.29, 0.717) is 17.8 Å². The van der Waals surface area contributed by atoms with Gasteiger partial charge in [0.1, 0.15) is 15.7 Å². The molecule has 0 fully saturated rings. The van der Waals surface area contributed by atoms with Crippen molar-refractivity contribution in [1.82, 2.24) is 20.3 Å². The first-order valence-corrected chi connectivity index (χ1v) is 11.2. The summed E-state index contributed by atoms with van der Waals surface area (Å²) in [7, 11) is 0. The van der Waals surface area contributed by atoms with Crippen molar-refractivity contribution in [1.29, 1.82) is 0 Å². The van der Waals surface area contributed by atoms with Crippen LogP contribution in [0.15, 0.2) is 29.6 Å². The third-order valence-corrected chi connectivity index (χ3v) is 6.93. The SMILES string of the molecule is Cc1ccc(-c2nc(CCNC(=O)c3sc4nc(C)nc(C)c4c3C)cs2)cc1. The molecule has 148 valence electrons.